The SMILES string of the molecule is CCOC(=O)C(CC)(Cc1cnn(CC)c1)C(=O)O. The number of aryl methyl sites for hydroxylation is 1. The van der Waals surface area contributed by atoms with Gasteiger partial charge in [-0.1, -0.05) is 6.92 Å². The van der Waals surface area contributed by atoms with Crippen LogP contribution in [0, 0.1) is 5.41 Å². The van der Waals surface area contributed by atoms with Gasteiger partial charge in [0.1, 0.15) is 0 Å². The highest BCUT2D eigenvalue weighted by atomic mass is 16.5. The van der Waals surface area contributed by atoms with Crippen LogP contribution in [-0.4, -0.2) is 33.4 Å². The van der Waals surface area contributed by atoms with Gasteiger partial charge in [0.2, 0.25) is 0 Å². The molecule has 1 rings (SSSR count). The zero-order valence-corrected chi connectivity index (χ0v) is 11.5. The number of hydrogen-bond donors (Lipinski definition) is 1. The van der Waals surface area contributed by atoms with Crippen molar-refractivity contribution in [3.63, 3.8) is 0 Å². The summed E-state index contributed by atoms with van der Waals surface area (Å²) in [4.78, 5) is 23.5. The molecule has 0 bridgehead atoms. The Labute approximate surface area is 112 Å². The minimum absolute atomic E-state index is 0.0949. The van der Waals surface area contributed by atoms with Crippen LogP contribution in [0.25, 0.3) is 0 Å². The molecule has 0 aliphatic heterocycles. The van der Waals surface area contributed by atoms with Crippen LogP contribution < -0.4 is 0 Å². The fourth-order valence-electron chi connectivity index (χ4n) is 1.94. The summed E-state index contributed by atoms with van der Waals surface area (Å²) in [5.74, 6) is -1.84. The van der Waals surface area contributed by atoms with Crippen molar-refractivity contribution in [2.24, 2.45) is 5.41 Å². The maximum atomic E-state index is 12.0. The lowest BCUT2D eigenvalue weighted by Gasteiger charge is -2.25. The van der Waals surface area contributed by atoms with Gasteiger partial charge in [0.25, 0.3) is 0 Å². The van der Waals surface area contributed by atoms with Gasteiger partial charge in [-0.25, -0.2) is 0 Å². The number of carboxylic acid groups (broad SMARTS) is 1. The zero-order valence-electron chi connectivity index (χ0n) is 11.5. The highest BCUT2D eigenvalue weighted by molar-refractivity contribution is 5.99. The van der Waals surface area contributed by atoms with E-state index < -0.39 is 17.4 Å². The van der Waals surface area contributed by atoms with Crippen LogP contribution in [0.4, 0.5) is 0 Å². The van der Waals surface area contributed by atoms with E-state index in [1.165, 1.54) is 0 Å². The van der Waals surface area contributed by atoms with Crippen LogP contribution in [0.2, 0.25) is 0 Å². The number of ether oxygens (including phenoxy) is 1. The second kappa shape index (κ2) is 6.36. The average Bonchev–Trinajstić information content (AvgIpc) is 2.83. The Morgan fingerprint density at radius 3 is 2.53 bits per heavy atom. The molecule has 1 aromatic heterocycles. The molecule has 6 nitrogen and oxygen atoms in total. The Morgan fingerprint density at radius 2 is 2.11 bits per heavy atom. The second-order valence-corrected chi connectivity index (χ2v) is 4.34. The number of nitrogens with zero attached hydrogens (tertiary/aromatic N) is 2. The minimum atomic E-state index is -1.53. The topological polar surface area (TPSA) is 81.4 Å². The maximum Gasteiger partial charge on any atom is 0.323 e. The predicted octanol–water partition coefficient (Wildman–Crippen LogP) is 1.49. The number of carbonyl (C=O) groups excluding carboxylic acids is 1. The number of esters is 1. The van der Waals surface area contributed by atoms with Crippen molar-refractivity contribution in [1.29, 1.82) is 0 Å². The normalized spacial score (nSPS) is 13.8. The van der Waals surface area contributed by atoms with Crippen LogP contribution in [0.15, 0.2) is 12.4 Å². The molecule has 0 saturated carbocycles. The highest BCUT2D eigenvalue weighted by Gasteiger charge is 2.46. The van der Waals surface area contributed by atoms with Gasteiger partial charge in [-0.3, -0.25) is 14.3 Å². The van der Waals surface area contributed by atoms with Crippen LogP contribution in [0.3, 0.4) is 0 Å². The Morgan fingerprint density at radius 1 is 1.42 bits per heavy atom. The molecule has 0 radical (unpaired) electrons. The molecule has 0 fully saturated rings. The fraction of sp³-hybridized carbons (Fsp3) is 0.615. The fourth-order valence-corrected chi connectivity index (χ4v) is 1.94. The zero-order chi connectivity index (χ0) is 14.5. The molecule has 1 heterocycles. The Balaban J connectivity index is 3.03. The maximum absolute atomic E-state index is 12.0. The first kappa shape index (κ1) is 15.2. The van der Waals surface area contributed by atoms with Gasteiger partial charge < -0.3 is 9.84 Å². The molecule has 19 heavy (non-hydrogen) atoms. The first-order valence-electron chi connectivity index (χ1n) is 6.42. The standard InChI is InChI=1S/C13H20N2O4/c1-4-13(11(16)17,12(18)19-6-3)7-10-8-14-15(5-2)9-10/h8-9H,4-7H2,1-3H3,(H,16,17). The van der Waals surface area contributed by atoms with E-state index in [2.05, 4.69) is 5.10 Å². The third kappa shape index (κ3) is 3.13. The molecule has 1 aromatic rings. The number of rotatable bonds is 7. The summed E-state index contributed by atoms with van der Waals surface area (Å²) in [6.07, 6.45) is 3.62. The molecule has 0 amide bonds. The lowest BCUT2D eigenvalue weighted by atomic mass is 9.80. The third-order valence-corrected chi connectivity index (χ3v) is 3.20. The summed E-state index contributed by atoms with van der Waals surface area (Å²) in [6, 6.07) is 0. The Kier molecular flexibility index (Phi) is 5.09. The van der Waals surface area contributed by atoms with E-state index in [0.29, 0.717) is 6.54 Å². The van der Waals surface area contributed by atoms with Gasteiger partial charge >= 0.3 is 11.9 Å². The quantitative estimate of drug-likeness (QED) is 0.598. The van der Waals surface area contributed by atoms with Gasteiger partial charge in [0.15, 0.2) is 5.41 Å². The van der Waals surface area contributed by atoms with Crippen molar-refractivity contribution in [2.45, 2.75) is 40.2 Å². The van der Waals surface area contributed by atoms with Crippen LogP contribution >= 0.6 is 0 Å². The van der Waals surface area contributed by atoms with Crippen molar-refractivity contribution < 1.29 is 19.4 Å². The van der Waals surface area contributed by atoms with Gasteiger partial charge in [0, 0.05) is 19.2 Å². The van der Waals surface area contributed by atoms with Gasteiger partial charge in [-0.05, 0) is 25.8 Å². The highest BCUT2D eigenvalue weighted by Crippen LogP contribution is 2.29. The number of carbonyl (C=O) groups is 2. The van der Waals surface area contributed by atoms with Crippen molar-refractivity contribution in [1.82, 2.24) is 9.78 Å². The number of aliphatic carboxylic acids is 1. The monoisotopic (exact) mass is 268 g/mol. The molecule has 6 heteroatoms. The molecule has 0 aliphatic rings. The van der Waals surface area contributed by atoms with Crippen molar-refractivity contribution in [3.8, 4) is 0 Å². The first-order chi connectivity index (χ1) is 9.00. The van der Waals surface area contributed by atoms with Crippen LogP contribution in [-0.2, 0) is 27.3 Å². The van der Waals surface area contributed by atoms with Crippen molar-refractivity contribution in [2.75, 3.05) is 6.61 Å². The van der Waals surface area contributed by atoms with E-state index in [0.717, 1.165) is 5.56 Å². The smallest absolute Gasteiger partial charge is 0.323 e. The van der Waals surface area contributed by atoms with Gasteiger partial charge in [-0.2, -0.15) is 5.10 Å². The Hall–Kier alpha value is -1.85. The molecule has 106 valence electrons. The van der Waals surface area contributed by atoms with Crippen molar-refractivity contribution in [3.05, 3.63) is 18.0 Å². The lowest BCUT2D eigenvalue weighted by Crippen LogP contribution is -2.42. The molecule has 0 aromatic carbocycles. The van der Waals surface area contributed by atoms with Gasteiger partial charge in [0.05, 0.1) is 12.8 Å². The number of hydrogen-bond acceptors (Lipinski definition) is 4. The van der Waals surface area contributed by atoms with Crippen molar-refractivity contribution >= 4 is 11.9 Å². The summed E-state index contributed by atoms with van der Waals surface area (Å²) >= 11 is 0. The van der Waals surface area contributed by atoms with E-state index in [-0.39, 0.29) is 19.4 Å². The summed E-state index contributed by atoms with van der Waals surface area (Å²) in [7, 11) is 0. The summed E-state index contributed by atoms with van der Waals surface area (Å²) in [5.41, 5.74) is -0.809. The number of aromatic nitrogens is 2. The van der Waals surface area contributed by atoms with E-state index in [4.69, 9.17) is 4.74 Å². The number of carboxylic acids is 1. The molecule has 1 atom stereocenters. The Bertz CT molecular complexity index is 455. The summed E-state index contributed by atoms with van der Waals surface area (Å²) in [5, 5.41) is 13.5. The predicted molar refractivity (Wildman–Crippen MR) is 68.6 cm³/mol. The molecule has 0 aliphatic carbocycles. The largest absolute Gasteiger partial charge is 0.480 e. The third-order valence-electron chi connectivity index (χ3n) is 3.20. The lowest BCUT2D eigenvalue weighted by molar-refractivity contribution is -0.168. The van der Waals surface area contributed by atoms with Crippen LogP contribution in [0.1, 0.15) is 32.8 Å². The average molecular weight is 268 g/mol. The van der Waals surface area contributed by atoms with E-state index >= 15 is 0 Å². The molecule has 0 saturated heterocycles. The molecular formula is C13H20N2O4. The molecule has 1 N–H and O–H groups in total. The van der Waals surface area contributed by atoms with Gasteiger partial charge in [-0.15, -0.1) is 0 Å². The second-order valence-electron chi connectivity index (χ2n) is 4.34. The molecular weight excluding hydrogens is 248 g/mol. The van der Waals surface area contributed by atoms with E-state index in [1.807, 2.05) is 6.92 Å². The van der Waals surface area contributed by atoms with E-state index in [9.17, 15) is 14.7 Å². The molecule has 0 spiro atoms. The first-order valence-corrected chi connectivity index (χ1v) is 6.42. The summed E-state index contributed by atoms with van der Waals surface area (Å²) < 4.78 is 6.62. The van der Waals surface area contributed by atoms with Crippen LogP contribution in [0.5, 0.6) is 0 Å². The van der Waals surface area contributed by atoms with E-state index in [1.54, 1.807) is 30.9 Å². The summed E-state index contributed by atoms with van der Waals surface area (Å²) in [6.45, 7) is 6.14. The minimum Gasteiger partial charge on any atom is -0.480 e. The molecule has 1 unspecified atom stereocenters.